The maximum absolute atomic E-state index is 11.7. The molecule has 0 fully saturated rings. The molecule has 0 aromatic heterocycles. The van der Waals surface area contributed by atoms with Crippen LogP contribution in [0.2, 0.25) is 0 Å². The predicted octanol–water partition coefficient (Wildman–Crippen LogP) is 3.36. The van der Waals surface area contributed by atoms with E-state index in [0.717, 1.165) is 11.3 Å². The van der Waals surface area contributed by atoms with Gasteiger partial charge in [-0.3, -0.25) is 0 Å². The summed E-state index contributed by atoms with van der Waals surface area (Å²) in [5.41, 5.74) is 2.11. The summed E-state index contributed by atoms with van der Waals surface area (Å²) in [6.45, 7) is 0. The second-order valence-electron chi connectivity index (χ2n) is 4.39. The van der Waals surface area contributed by atoms with Crippen LogP contribution in [0.4, 0.5) is 10.5 Å². The molecule has 2 aromatic carbocycles. The molecule has 0 saturated heterocycles. The van der Waals surface area contributed by atoms with Gasteiger partial charge in [-0.1, -0.05) is 12.1 Å². The van der Waals surface area contributed by atoms with E-state index in [1.165, 1.54) is 0 Å². The molecule has 0 aliphatic rings. The average molecular weight is 293 g/mol. The van der Waals surface area contributed by atoms with E-state index < -0.39 is 0 Å². The molecule has 0 atom stereocenters. The Morgan fingerprint density at radius 1 is 1.14 bits per heavy atom. The van der Waals surface area contributed by atoms with E-state index in [2.05, 4.69) is 10.6 Å². The largest absolute Gasteiger partial charge is 0.497 e. The van der Waals surface area contributed by atoms with E-state index in [1.807, 2.05) is 30.3 Å². The summed E-state index contributed by atoms with van der Waals surface area (Å²) in [6, 6.07) is 15.8. The number of amides is 2. The van der Waals surface area contributed by atoms with E-state index in [4.69, 9.17) is 10.00 Å². The zero-order valence-corrected chi connectivity index (χ0v) is 12.0. The molecule has 5 heteroatoms. The first-order valence-corrected chi connectivity index (χ1v) is 6.59. The fraction of sp³-hybridized carbons (Fsp3) is 0.0588. The maximum Gasteiger partial charge on any atom is 0.323 e. The van der Waals surface area contributed by atoms with Gasteiger partial charge in [-0.15, -0.1) is 0 Å². The topological polar surface area (TPSA) is 74.2 Å². The minimum atomic E-state index is -0.352. The van der Waals surface area contributed by atoms with Crippen LogP contribution in [0, 0.1) is 11.3 Å². The van der Waals surface area contributed by atoms with Crippen molar-refractivity contribution in [2.75, 3.05) is 12.4 Å². The third-order valence-electron chi connectivity index (χ3n) is 2.88. The van der Waals surface area contributed by atoms with Gasteiger partial charge in [-0.05, 0) is 48.0 Å². The maximum atomic E-state index is 11.7. The zero-order valence-electron chi connectivity index (χ0n) is 12.0. The minimum absolute atomic E-state index is 0.352. The van der Waals surface area contributed by atoms with Crippen LogP contribution in [0.1, 0.15) is 11.1 Å². The van der Waals surface area contributed by atoms with Gasteiger partial charge in [0, 0.05) is 11.9 Å². The van der Waals surface area contributed by atoms with Crippen LogP contribution < -0.4 is 15.4 Å². The average Bonchev–Trinajstić information content (AvgIpc) is 2.56. The lowest BCUT2D eigenvalue weighted by Gasteiger charge is -2.04. The predicted molar refractivity (Wildman–Crippen MR) is 85.3 cm³/mol. The van der Waals surface area contributed by atoms with Crippen LogP contribution in [0.5, 0.6) is 5.75 Å². The molecule has 0 spiro atoms. The number of hydrogen-bond donors (Lipinski definition) is 2. The Morgan fingerprint density at radius 3 is 2.41 bits per heavy atom. The molecule has 2 N–H and O–H groups in total. The molecule has 2 amide bonds. The van der Waals surface area contributed by atoms with Crippen LogP contribution in [0.3, 0.4) is 0 Å². The van der Waals surface area contributed by atoms with Gasteiger partial charge in [0.05, 0.1) is 18.7 Å². The Hall–Kier alpha value is -3.26. The SMILES string of the molecule is COc1ccc(/C=C/NC(=O)Nc2ccc(C#N)cc2)cc1. The lowest BCUT2D eigenvalue weighted by atomic mass is 10.2. The first-order valence-electron chi connectivity index (χ1n) is 6.59. The molecule has 2 rings (SSSR count). The van der Waals surface area contributed by atoms with Crippen LogP contribution >= 0.6 is 0 Å². The number of hydrogen-bond acceptors (Lipinski definition) is 3. The Morgan fingerprint density at radius 2 is 1.82 bits per heavy atom. The molecular weight excluding hydrogens is 278 g/mol. The quantitative estimate of drug-likeness (QED) is 0.907. The summed E-state index contributed by atoms with van der Waals surface area (Å²) in [5.74, 6) is 0.781. The highest BCUT2D eigenvalue weighted by molar-refractivity contribution is 5.90. The van der Waals surface area contributed by atoms with Crippen molar-refractivity contribution in [2.24, 2.45) is 0 Å². The Balaban J connectivity index is 1.86. The third-order valence-corrected chi connectivity index (χ3v) is 2.88. The van der Waals surface area contributed by atoms with Crippen LogP contribution in [-0.2, 0) is 0 Å². The van der Waals surface area contributed by atoms with Crippen molar-refractivity contribution in [1.82, 2.24) is 5.32 Å². The standard InChI is InChI=1S/C17H15N3O2/c1-22-16-8-4-13(5-9-16)10-11-19-17(21)20-15-6-2-14(12-18)3-7-15/h2-11H,1H3,(H2,19,20,21)/b11-10+. The van der Waals surface area contributed by atoms with E-state index in [9.17, 15) is 4.79 Å². The number of anilines is 1. The van der Waals surface area contributed by atoms with Crippen molar-refractivity contribution >= 4 is 17.8 Å². The van der Waals surface area contributed by atoms with Crippen molar-refractivity contribution in [1.29, 1.82) is 5.26 Å². The molecule has 2 aromatic rings. The van der Waals surface area contributed by atoms with Crippen molar-refractivity contribution in [3.05, 3.63) is 65.9 Å². The number of urea groups is 1. The Kier molecular flexibility index (Phi) is 5.16. The highest BCUT2D eigenvalue weighted by atomic mass is 16.5. The number of nitrogens with zero attached hydrogens (tertiary/aromatic N) is 1. The number of benzene rings is 2. The van der Waals surface area contributed by atoms with Gasteiger partial charge in [0.15, 0.2) is 0 Å². The van der Waals surface area contributed by atoms with E-state index in [0.29, 0.717) is 11.3 Å². The first kappa shape index (κ1) is 15.1. The summed E-state index contributed by atoms with van der Waals surface area (Å²) < 4.78 is 5.07. The molecule has 0 heterocycles. The number of ether oxygens (including phenoxy) is 1. The highest BCUT2D eigenvalue weighted by Gasteiger charge is 1.99. The van der Waals surface area contributed by atoms with Gasteiger partial charge in [-0.2, -0.15) is 5.26 Å². The molecule has 0 aliphatic heterocycles. The molecule has 110 valence electrons. The number of rotatable bonds is 4. The van der Waals surface area contributed by atoms with Gasteiger partial charge >= 0.3 is 6.03 Å². The second kappa shape index (κ2) is 7.50. The van der Waals surface area contributed by atoms with E-state index in [-0.39, 0.29) is 6.03 Å². The highest BCUT2D eigenvalue weighted by Crippen LogP contribution is 2.12. The molecule has 0 radical (unpaired) electrons. The number of methoxy groups -OCH3 is 1. The Bertz CT molecular complexity index is 698. The van der Waals surface area contributed by atoms with E-state index in [1.54, 1.807) is 43.7 Å². The zero-order chi connectivity index (χ0) is 15.8. The van der Waals surface area contributed by atoms with E-state index >= 15 is 0 Å². The summed E-state index contributed by atoms with van der Waals surface area (Å²) in [4.78, 5) is 11.7. The lowest BCUT2D eigenvalue weighted by molar-refractivity contribution is 0.255. The fourth-order valence-corrected chi connectivity index (χ4v) is 1.72. The third kappa shape index (κ3) is 4.39. The number of carbonyl (C=O) groups is 1. The van der Waals surface area contributed by atoms with Crippen LogP contribution in [0.15, 0.2) is 54.7 Å². The van der Waals surface area contributed by atoms with Crippen molar-refractivity contribution in [3.63, 3.8) is 0 Å². The van der Waals surface area contributed by atoms with Crippen molar-refractivity contribution < 1.29 is 9.53 Å². The summed E-state index contributed by atoms with van der Waals surface area (Å²) in [6.07, 6.45) is 3.33. The number of nitrogens with one attached hydrogen (secondary N) is 2. The summed E-state index contributed by atoms with van der Waals surface area (Å²) in [5, 5.41) is 14.0. The molecule has 0 bridgehead atoms. The van der Waals surface area contributed by atoms with Gasteiger partial charge in [0.2, 0.25) is 0 Å². The van der Waals surface area contributed by atoms with Crippen molar-refractivity contribution in [3.8, 4) is 11.8 Å². The normalized spacial score (nSPS) is 10.0. The summed E-state index contributed by atoms with van der Waals surface area (Å²) >= 11 is 0. The molecular formula is C17H15N3O2. The molecule has 0 unspecified atom stereocenters. The summed E-state index contributed by atoms with van der Waals surface area (Å²) in [7, 11) is 1.61. The van der Waals surface area contributed by atoms with Crippen LogP contribution in [0.25, 0.3) is 6.08 Å². The molecule has 5 nitrogen and oxygen atoms in total. The molecule has 0 aliphatic carbocycles. The Labute approximate surface area is 128 Å². The monoisotopic (exact) mass is 293 g/mol. The number of carbonyl (C=O) groups excluding carboxylic acids is 1. The molecule has 22 heavy (non-hydrogen) atoms. The number of nitriles is 1. The lowest BCUT2D eigenvalue weighted by Crippen LogP contribution is -2.23. The smallest absolute Gasteiger partial charge is 0.323 e. The van der Waals surface area contributed by atoms with Gasteiger partial charge < -0.3 is 15.4 Å². The van der Waals surface area contributed by atoms with Gasteiger partial charge in [0.25, 0.3) is 0 Å². The van der Waals surface area contributed by atoms with Crippen molar-refractivity contribution in [2.45, 2.75) is 0 Å². The minimum Gasteiger partial charge on any atom is -0.497 e. The first-order chi connectivity index (χ1) is 10.7. The fourth-order valence-electron chi connectivity index (χ4n) is 1.72. The second-order valence-corrected chi connectivity index (χ2v) is 4.39. The van der Waals surface area contributed by atoms with Gasteiger partial charge in [0.1, 0.15) is 5.75 Å². The van der Waals surface area contributed by atoms with Gasteiger partial charge in [-0.25, -0.2) is 4.79 Å². The molecule has 0 saturated carbocycles. The van der Waals surface area contributed by atoms with Crippen LogP contribution in [-0.4, -0.2) is 13.1 Å².